The molecule has 4 aliphatic carbocycles. The molecule has 1 unspecified atom stereocenters. The number of thiophene rings is 1. The van der Waals surface area contributed by atoms with E-state index in [1.54, 1.807) is 6.07 Å². The van der Waals surface area contributed by atoms with Crippen molar-refractivity contribution in [2.24, 2.45) is 52.3 Å². The highest BCUT2D eigenvalue weighted by Gasteiger charge is 2.63. The van der Waals surface area contributed by atoms with Gasteiger partial charge in [0.2, 0.25) is 5.91 Å². The van der Waals surface area contributed by atoms with Crippen LogP contribution in [0.2, 0.25) is 0 Å². The second-order valence-electron chi connectivity index (χ2n) is 14.2. The lowest BCUT2D eigenvalue weighted by molar-refractivity contribution is -0.159. The highest BCUT2D eigenvalue weighted by Crippen LogP contribution is 2.67. The van der Waals surface area contributed by atoms with E-state index in [1.807, 2.05) is 13.8 Å². The normalized spacial score (nSPS) is 37.4. The minimum atomic E-state index is -4.28. The monoisotopic (exact) mass is 591 g/mol. The van der Waals surface area contributed by atoms with Gasteiger partial charge in [-0.3, -0.25) is 18.9 Å². The molecule has 7 nitrogen and oxygen atoms in total. The summed E-state index contributed by atoms with van der Waals surface area (Å²) in [6.07, 6.45) is 7.24. The molecule has 0 radical (unpaired) electrons. The molecule has 1 aromatic heterocycles. The molecule has 40 heavy (non-hydrogen) atoms. The average molecular weight is 592 g/mol. The van der Waals surface area contributed by atoms with Gasteiger partial charge in [0.1, 0.15) is 15.8 Å². The van der Waals surface area contributed by atoms with E-state index in [4.69, 9.17) is 0 Å². The number of nitrogens with one attached hydrogen (secondary N) is 1. The number of amides is 1. The summed E-state index contributed by atoms with van der Waals surface area (Å²) in [5.74, 6) is 2.22. The first kappa shape index (κ1) is 29.9. The lowest BCUT2D eigenvalue weighted by Crippen LogP contribution is -2.57. The summed E-state index contributed by atoms with van der Waals surface area (Å²) in [4.78, 5) is 39.9. The van der Waals surface area contributed by atoms with Crippen LogP contribution in [0.1, 0.15) is 103 Å². The summed E-state index contributed by atoms with van der Waals surface area (Å²) in [5.41, 5.74) is 0.111. The quantitative estimate of drug-likeness (QED) is 0.363. The molecule has 1 heterocycles. The third-order valence-corrected chi connectivity index (χ3v) is 14.2. The van der Waals surface area contributed by atoms with E-state index >= 15 is 0 Å². The molecular formula is C31H45NO6S2. The van der Waals surface area contributed by atoms with E-state index in [2.05, 4.69) is 26.1 Å². The van der Waals surface area contributed by atoms with E-state index < -0.39 is 10.1 Å². The highest BCUT2D eigenvalue weighted by atomic mass is 32.3. The molecule has 0 spiro atoms. The van der Waals surface area contributed by atoms with Gasteiger partial charge in [0.15, 0.2) is 0 Å². The Kier molecular flexibility index (Phi) is 7.92. The maximum Gasteiger partial charge on any atom is 0.304 e. The van der Waals surface area contributed by atoms with Crippen molar-refractivity contribution in [2.45, 2.75) is 103 Å². The number of hydrogen-bond donors (Lipinski definition) is 2. The van der Waals surface area contributed by atoms with Crippen molar-refractivity contribution in [3.05, 3.63) is 17.0 Å². The standard InChI is InChI=1S/C31H45NO6S2/c1-17(2)29(25-8-9-27(39-25)40(36,37)38)32-26(35)14-18(3)21-6-7-22-28-23(11-13-31(21,22)5)30(4)12-10-20(33)15-19(30)16-24(28)34/h8-9,17-19,21-23,28-29H,6-7,10-16H2,1-5H3,(H,32,35)(H,36,37,38)/t18-,19+,21-,22+,23+,28+,29?,30+,31-/m1/s1. The second-order valence-corrected chi connectivity index (χ2v) is 16.9. The molecule has 0 bridgehead atoms. The molecule has 2 N–H and O–H groups in total. The van der Waals surface area contributed by atoms with Crippen LogP contribution >= 0.6 is 11.3 Å². The maximum absolute atomic E-state index is 13.6. The van der Waals surface area contributed by atoms with Crippen molar-refractivity contribution in [3.63, 3.8) is 0 Å². The van der Waals surface area contributed by atoms with Crippen LogP contribution in [0.25, 0.3) is 0 Å². The zero-order chi connectivity index (χ0) is 29.2. The van der Waals surface area contributed by atoms with E-state index in [9.17, 15) is 27.4 Å². The van der Waals surface area contributed by atoms with Crippen LogP contribution in [0.5, 0.6) is 0 Å². The molecule has 0 aliphatic heterocycles. The van der Waals surface area contributed by atoms with Gasteiger partial charge in [-0.25, -0.2) is 0 Å². The summed E-state index contributed by atoms with van der Waals surface area (Å²) in [7, 11) is -4.28. The molecule has 1 amide bonds. The summed E-state index contributed by atoms with van der Waals surface area (Å²) in [6.45, 7) is 10.9. The summed E-state index contributed by atoms with van der Waals surface area (Å²) in [6, 6.07) is 2.71. The molecule has 0 saturated heterocycles. The number of carbonyl (C=O) groups is 3. The fraction of sp³-hybridized carbons (Fsp3) is 0.774. The fourth-order valence-electron chi connectivity index (χ4n) is 9.57. The molecule has 4 saturated carbocycles. The van der Waals surface area contributed by atoms with Gasteiger partial charge in [0.05, 0.1) is 6.04 Å². The van der Waals surface area contributed by atoms with E-state index in [-0.39, 0.29) is 50.7 Å². The Bertz CT molecular complexity index is 1290. The van der Waals surface area contributed by atoms with Crippen molar-refractivity contribution >= 4 is 38.9 Å². The lowest BCUT2D eigenvalue weighted by atomic mass is 9.44. The SMILES string of the molecule is CC(C)C(NC(=O)C[C@@H](C)[C@H]1CC[C@H]2[C@@H]3C(=O)C[C@@H]4CC(=O)CC[C@]4(C)[C@H]3CC[C@]12C)c1ccc(S(=O)(=O)O)s1. The molecule has 9 heteroatoms. The number of hydrogen-bond acceptors (Lipinski definition) is 6. The summed E-state index contributed by atoms with van der Waals surface area (Å²) >= 11 is 0.992. The Labute approximate surface area is 243 Å². The first-order valence-electron chi connectivity index (χ1n) is 15.1. The minimum Gasteiger partial charge on any atom is -0.348 e. The minimum absolute atomic E-state index is 0.0276. The van der Waals surface area contributed by atoms with Gasteiger partial charge in [0, 0.05) is 36.5 Å². The Balaban J connectivity index is 1.28. The van der Waals surface area contributed by atoms with Crippen LogP contribution in [-0.4, -0.2) is 30.4 Å². The molecular weight excluding hydrogens is 546 g/mol. The highest BCUT2D eigenvalue weighted by molar-refractivity contribution is 7.88. The molecule has 5 rings (SSSR count). The number of Topliss-reactive ketones (excluding diaryl/α,β-unsaturated/α-hetero) is 2. The van der Waals surface area contributed by atoms with Crippen molar-refractivity contribution in [1.29, 1.82) is 0 Å². The van der Waals surface area contributed by atoms with Crippen LogP contribution in [0.3, 0.4) is 0 Å². The largest absolute Gasteiger partial charge is 0.348 e. The molecule has 4 fully saturated rings. The van der Waals surface area contributed by atoms with Crippen molar-refractivity contribution < 1.29 is 27.4 Å². The van der Waals surface area contributed by atoms with Crippen LogP contribution < -0.4 is 5.32 Å². The second kappa shape index (κ2) is 10.6. The van der Waals surface area contributed by atoms with Gasteiger partial charge in [-0.05, 0) is 90.6 Å². The number of ketones is 2. The van der Waals surface area contributed by atoms with Gasteiger partial charge >= 0.3 is 10.1 Å². The topological polar surface area (TPSA) is 118 Å². The first-order valence-corrected chi connectivity index (χ1v) is 17.3. The first-order chi connectivity index (χ1) is 18.6. The Hall–Kier alpha value is -1.58. The molecule has 9 atom stereocenters. The molecule has 222 valence electrons. The zero-order valence-corrected chi connectivity index (χ0v) is 26.1. The van der Waals surface area contributed by atoms with Crippen LogP contribution in [0.15, 0.2) is 16.3 Å². The van der Waals surface area contributed by atoms with Gasteiger partial charge in [-0.2, -0.15) is 8.42 Å². The molecule has 0 aromatic carbocycles. The van der Waals surface area contributed by atoms with E-state index in [0.29, 0.717) is 59.9 Å². The molecule has 1 aromatic rings. The predicted octanol–water partition coefficient (Wildman–Crippen LogP) is 6.24. The fourth-order valence-corrected chi connectivity index (χ4v) is 11.5. The van der Waals surface area contributed by atoms with Crippen LogP contribution in [-0.2, 0) is 24.5 Å². The smallest absolute Gasteiger partial charge is 0.304 e. The summed E-state index contributed by atoms with van der Waals surface area (Å²) in [5, 5.41) is 3.14. The number of fused-ring (bicyclic) bond motifs is 5. The lowest BCUT2D eigenvalue weighted by Gasteiger charge is -2.59. The van der Waals surface area contributed by atoms with Crippen LogP contribution in [0, 0.1) is 52.3 Å². The van der Waals surface area contributed by atoms with Crippen molar-refractivity contribution in [1.82, 2.24) is 5.32 Å². The average Bonchev–Trinajstić information content (AvgIpc) is 3.48. The Morgan fingerprint density at radius 1 is 1.05 bits per heavy atom. The number of rotatable bonds is 7. The van der Waals surface area contributed by atoms with Gasteiger partial charge in [-0.15, -0.1) is 11.3 Å². The van der Waals surface area contributed by atoms with Gasteiger partial charge in [0.25, 0.3) is 0 Å². The summed E-state index contributed by atoms with van der Waals surface area (Å²) < 4.78 is 32.4. The van der Waals surface area contributed by atoms with E-state index in [1.165, 1.54) is 6.07 Å². The van der Waals surface area contributed by atoms with Crippen molar-refractivity contribution in [2.75, 3.05) is 0 Å². The van der Waals surface area contributed by atoms with Crippen molar-refractivity contribution in [3.8, 4) is 0 Å². The number of carbonyl (C=O) groups excluding carboxylic acids is 3. The predicted molar refractivity (Wildman–Crippen MR) is 154 cm³/mol. The van der Waals surface area contributed by atoms with E-state index in [0.717, 1.165) is 43.4 Å². The zero-order valence-electron chi connectivity index (χ0n) is 24.4. The maximum atomic E-state index is 13.6. The van der Waals surface area contributed by atoms with Gasteiger partial charge < -0.3 is 5.32 Å². The molecule has 4 aliphatic rings. The van der Waals surface area contributed by atoms with Crippen LogP contribution in [0.4, 0.5) is 0 Å². The third kappa shape index (κ3) is 5.13. The Morgan fingerprint density at radius 3 is 2.40 bits per heavy atom. The Morgan fingerprint density at radius 2 is 1.75 bits per heavy atom. The van der Waals surface area contributed by atoms with Gasteiger partial charge in [-0.1, -0.05) is 34.6 Å². The third-order valence-electron chi connectivity index (χ3n) is 11.7.